The third kappa shape index (κ3) is 3.16. The van der Waals surface area contributed by atoms with E-state index in [9.17, 15) is 9.59 Å². The number of fused-ring (bicyclic) bond motifs is 1. The first-order valence-corrected chi connectivity index (χ1v) is 7.86. The molecule has 3 rings (SSSR count). The molecule has 0 amide bonds. The Morgan fingerprint density at radius 1 is 1.14 bits per heavy atom. The van der Waals surface area contributed by atoms with Crippen molar-refractivity contribution in [2.75, 3.05) is 6.54 Å². The van der Waals surface area contributed by atoms with Gasteiger partial charge in [0.2, 0.25) is 0 Å². The second-order valence-electron chi connectivity index (χ2n) is 4.98. The second-order valence-corrected chi connectivity index (χ2v) is 5.93. The van der Waals surface area contributed by atoms with Gasteiger partial charge in [0.1, 0.15) is 5.71 Å². The fourth-order valence-electron chi connectivity index (χ4n) is 2.33. The van der Waals surface area contributed by atoms with E-state index in [0.29, 0.717) is 17.8 Å². The van der Waals surface area contributed by atoms with Crippen molar-refractivity contribution in [3.63, 3.8) is 0 Å². The van der Waals surface area contributed by atoms with E-state index in [-0.39, 0.29) is 24.4 Å². The molecule has 0 saturated heterocycles. The molecule has 0 fully saturated rings. The van der Waals surface area contributed by atoms with Gasteiger partial charge in [0, 0.05) is 29.6 Å². The highest BCUT2D eigenvalue weighted by atomic mass is 32.1. The maximum atomic E-state index is 12.2. The van der Waals surface area contributed by atoms with Gasteiger partial charge in [-0.2, -0.15) is 0 Å². The van der Waals surface area contributed by atoms with Gasteiger partial charge in [0.15, 0.2) is 11.6 Å². The van der Waals surface area contributed by atoms with E-state index < -0.39 is 0 Å². The molecule has 106 valence electrons. The molecule has 0 bridgehead atoms. The molecular weight excluding hydrogens is 282 g/mol. The van der Waals surface area contributed by atoms with Crippen molar-refractivity contribution in [2.24, 2.45) is 4.99 Å². The smallest absolute Gasteiger partial charge is 0.181 e. The highest BCUT2D eigenvalue weighted by Crippen LogP contribution is 2.22. The number of carbonyl (C=O) groups excluding carboxylic acids is 2. The minimum absolute atomic E-state index is 0.0110. The Labute approximate surface area is 127 Å². The Balaban J connectivity index is 1.64. The summed E-state index contributed by atoms with van der Waals surface area (Å²) < 4.78 is 1.17. The summed E-state index contributed by atoms with van der Waals surface area (Å²) in [5.41, 5.74) is 1.18. The summed E-state index contributed by atoms with van der Waals surface area (Å²) in [6.45, 7) is 0.667. The van der Waals surface area contributed by atoms with Crippen molar-refractivity contribution in [2.45, 2.75) is 19.3 Å². The van der Waals surface area contributed by atoms with Crippen LogP contribution in [0.25, 0.3) is 10.1 Å². The number of carbonyl (C=O) groups is 2. The van der Waals surface area contributed by atoms with Crippen LogP contribution in [0.2, 0.25) is 0 Å². The maximum absolute atomic E-state index is 12.2. The number of benzene rings is 1. The third-order valence-electron chi connectivity index (χ3n) is 3.49. The highest BCUT2D eigenvalue weighted by Gasteiger charge is 2.14. The molecule has 21 heavy (non-hydrogen) atoms. The van der Waals surface area contributed by atoms with Crippen molar-refractivity contribution >= 4 is 38.7 Å². The van der Waals surface area contributed by atoms with Crippen LogP contribution >= 0.6 is 11.3 Å². The predicted molar refractivity (Wildman–Crippen MR) is 86.5 cm³/mol. The summed E-state index contributed by atoms with van der Waals surface area (Å²) >= 11 is 1.66. The molecule has 1 aromatic heterocycles. The molecule has 1 aromatic carbocycles. The van der Waals surface area contributed by atoms with Crippen LogP contribution in [-0.4, -0.2) is 23.8 Å². The van der Waals surface area contributed by atoms with Gasteiger partial charge >= 0.3 is 0 Å². The second kappa shape index (κ2) is 6.14. The zero-order valence-corrected chi connectivity index (χ0v) is 12.4. The van der Waals surface area contributed by atoms with Crippen LogP contribution in [0.15, 0.2) is 46.8 Å². The lowest BCUT2D eigenvalue weighted by atomic mass is 10.0. The van der Waals surface area contributed by atoms with E-state index in [1.54, 1.807) is 17.4 Å². The molecule has 2 aromatic rings. The fourth-order valence-corrected chi connectivity index (χ4v) is 3.10. The van der Waals surface area contributed by atoms with Crippen LogP contribution in [0.5, 0.6) is 0 Å². The zero-order chi connectivity index (χ0) is 14.7. The first-order chi connectivity index (χ1) is 10.2. The number of allylic oxidation sites excluding steroid dienone is 1. The summed E-state index contributed by atoms with van der Waals surface area (Å²) in [6, 6.07) is 7.70. The summed E-state index contributed by atoms with van der Waals surface area (Å²) in [7, 11) is 0. The largest absolute Gasteiger partial charge is 0.294 e. The van der Waals surface area contributed by atoms with Gasteiger partial charge in [-0.1, -0.05) is 6.08 Å². The number of Topliss-reactive ketones (excluding diaryl/α,β-unsaturated/α-hetero) is 2. The highest BCUT2D eigenvalue weighted by molar-refractivity contribution is 7.17. The number of hydrogen-bond donors (Lipinski definition) is 0. The van der Waals surface area contributed by atoms with Gasteiger partial charge in [-0.3, -0.25) is 14.6 Å². The maximum Gasteiger partial charge on any atom is 0.181 e. The molecule has 0 aliphatic carbocycles. The van der Waals surface area contributed by atoms with Crippen molar-refractivity contribution in [1.29, 1.82) is 0 Å². The molecule has 2 heterocycles. The van der Waals surface area contributed by atoms with E-state index in [4.69, 9.17) is 0 Å². The van der Waals surface area contributed by atoms with Crippen molar-refractivity contribution in [3.05, 3.63) is 47.4 Å². The SMILES string of the molecule is O=C(CCC(=O)c1ccc2sccc2c1)C1=NCCC=C1. The summed E-state index contributed by atoms with van der Waals surface area (Å²) in [6.07, 6.45) is 5.06. The Morgan fingerprint density at radius 2 is 2.00 bits per heavy atom. The Morgan fingerprint density at radius 3 is 2.81 bits per heavy atom. The van der Waals surface area contributed by atoms with E-state index in [1.807, 2.05) is 35.7 Å². The lowest BCUT2D eigenvalue weighted by Gasteiger charge is -2.05. The van der Waals surface area contributed by atoms with E-state index in [0.717, 1.165) is 11.8 Å². The number of thiophene rings is 1. The van der Waals surface area contributed by atoms with Crippen LogP contribution in [0, 0.1) is 0 Å². The van der Waals surface area contributed by atoms with Gasteiger partial charge < -0.3 is 0 Å². The minimum Gasteiger partial charge on any atom is -0.294 e. The number of nitrogens with zero attached hydrogens (tertiary/aromatic N) is 1. The Hall–Kier alpha value is -2.07. The molecule has 4 heteroatoms. The fraction of sp³-hybridized carbons (Fsp3) is 0.235. The quantitative estimate of drug-likeness (QED) is 0.787. The van der Waals surface area contributed by atoms with E-state index in [2.05, 4.69) is 4.99 Å². The summed E-state index contributed by atoms with van der Waals surface area (Å²) in [5, 5.41) is 3.09. The summed E-state index contributed by atoms with van der Waals surface area (Å²) in [4.78, 5) is 28.3. The van der Waals surface area contributed by atoms with Crippen LogP contribution in [-0.2, 0) is 4.79 Å². The molecular formula is C17H15NO2S. The van der Waals surface area contributed by atoms with E-state index in [1.165, 1.54) is 4.70 Å². The first-order valence-electron chi connectivity index (χ1n) is 6.99. The molecule has 0 saturated carbocycles. The van der Waals surface area contributed by atoms with Gasteiger partial charge in [-0.05, 0) is 47.5 Å². The van der Waals surface area contributed by atoms with Gasteiger partial charge in [-0.25, -0.2) is 0 Å². The number of aliphatic imine (C=N–C) groups is 1. The first kappa shape index (κ1) is 13.9. The number of hydrogen-bond acceptors (Lipinski definition) is 4. The monoisotopic (exact) mass is 297 g/mol. The third-order valence-corrected chi connectivity index (χ3v) is 4.39. The standard InChI is InChI=1S/C17H15NO2S/c19-15(5-6-16(20)14-3-1-2-9-18-14)12-4-7-17-13(11-12)8-10-21-17/h1,3-4,7-8,10-11H,2,5-6,9H2. The van der Waals surface area contributed by atoms with E-state index >= 15 is 0 Å². The topological polar surface area (TPSA) is 46.5 Å². The molecule has 0 atom stereocenters. The Kier molecular flexibility index (Phi) is 4.06. The van der Waals surface area contributed by atoms with Crippen LogP contribution in [0.1, 0.15) is 29.6 Å². The number of rotatable bonds is 5. The predicted octanol–water partition coefficient (Wildman–Crippen LogP) is 3.83. The molecule has 0 radical (unpaired) electrons. The van der Waals surface area contributed by atoms with Crippen LogP contribution in [0.4, 0.5) is 0 Å². The van der Waals surface area contributed by atoms with Crippen LogP contribution < -0.4 is 0 Å². The minimum atomic E-state index is -0.0455. The number of ketones is 2. The lowest BCUT2D eigenvalue weighted by Crippen LogP contribution is -2.15. The normalized spacial score (nSPS) is 14.2. The lowest BCUT2D eigenvalue weighted by molar-refractivity contribution is -0.112. The molecule has 1 aliphatic rings. The average Bonchev–Trinajstić information content (AvgIpc) is 3.00. The molecule has 0 N–H and O–H groups in total. The molecule has 1 aliphatic heterocycles. The van der Waals surface area contributed by atoms with Gasteiger partial charge in [0.05, 0.1) is 0 Å². The molecule has 0 spiro atoms. The number of dihydropyridines is 1. The van der Waals surface area contributed by atoms with Gasteiger partial charge in [0.25, 0.3) is 0 Å². The molecule has 3 nitrogen and oxygen atoms in total. The zero-order valence-electron chi connectivity index (χ0n) is 11.5. The summed E-state index contributed by atoms with van der Waals surface area (Å²) in [5.74, 6) is -0.0345. The Bertz CT molecular complexity index is 755. The van der Waals surface area contributed by atoms with Crippen molar-refractivity contribution in [1.82, 2.24) is 0 Å². The molecule has 0 unspecified atom stereocenters. The van der Waals surface area contributed by atoms with Crippen molar-refractivity contribution in [3.8, 4) is 0 Å². The average molecular weight is 297 g/mol. The van der Waals surface area contributed by atoms with Crippen LogP contribution in [0.3, 0.4) is 0 Å². The van der Waals surface area contributed by atoms with Gasteiger partial charge in [-0.15, -0.1) is 11.3 Å². The van der Waals surface area contributed by atoms with Crippen molar-refractivity contribution < 1.29 is 9.59 Å².